The number of carbonyl (C=O) groups excluding carboxylic acids is 1. The Bertz CT molecular complexity index is 714. The third kappa shape index (κ3) is 3.94. The second-order valence-electron chi connectivity index (χ2n) is 6.11. The van der Waals surface area contributed by atoms with Gasteiger partial charge in [-0.25, -0.2) is 4.68 Å². The first-order chi connectivity index (χ1) is 11.5. The zero-order valence-corrected chi connectivity index (χ0v) is 15.0. The second-order valence-corrected chi connectivity index (χ2v) is 6.11. The van der Waals surface area contributed by atoms with Gasteiger partial charge in [0.05, 0.1) is 5.69 Å². The first kappa shape index (κ1) is 18.0. The number of nitrogens with zero attached hydrogens (tertiary/aromatic N) is 2. The standard InChI is InChI=1S/C20H26N2O2/c1-6-8-19-15(4)21-22(16(19)5)20(23)13-24-18-11-9-17(10-12-18)14(3)7-2/h6,9-12,14H,1,7-8,13H2,2-5H3. The van der Waals surface area contributed by atoms with Crippen molar-refractivity contribution in [2.24, 2.45) is 0 Å². The Morgan fingerprint density at radius 1 is 1.33 bits per heavy atom. The Kier molecular flexibility index (Phi) is 5.96. The van der Waals surface area contributed by atoms with E-state index in [-0.39, 0.29) is 12.5 Å². The van der Waals surface area contributed by atoms with E-state index in [1.165, 1.54) is 10.2 Å². The van der Waals surface area contributed by atoms with E-state index in [1.54, 1.807) is 0 Å². The molecule has 0 saturated heterocycles. The molecule has 0 aliphatic rings. The van der Waals surface area contributed by atoms with E-state index < -0.39 is 0 Å². The third-order valence-electron chi connectivity index (χ3n) is 4.45. The van der Waals surface area contributed by atoms with Crippen LogP contribution in [-0.4, -0.2) is 22.3 Å². The average Bonchev–Trinajstić information content (AvgIpc) is 2.88. The van der Waals surface area contributed by atoms with Crippen LogP contribution in [0.3, 0.4) is 0 Å². The summed E-state index contributed by atoms with van der Waals surface area (Å²) in [7, 11) is 0. The highest BCUT2D eigenvalue weighted by molar-refractivity contribution is 5.80. The van der Waals surface area contributed by atoms with Crippen LogP contribution in [0.1, 0.15) is 53.5 Å². The number of aryl methyl sites for hydroxylation is 1. The van der Waals surface area contributed by atoms with Gasteiger partial charge in [0.1, 0.15) is 5.75 Å². The van der Waals surface area contributed by atoms with Crippen molar-refractivity contribution < 1.29 is 9.53 Å². The van der Waals surface area contributed by atoms with E-state index in [2.05, 4.69) is 37.7 Å². The molecule has 0 spiro atoms. The lowest BCUT2D eigenvalue weighted by atomic mass is 9.99. The molecule has 1 aromatic heterocycles. The van der Waals surface area contributed by atoms with Crippen molar-refractivity contribution in [1.82, 2.24) is 9.78 Å². The lowest BCUT2D eigenvalue weighted by molar-refractivity contribution is 0.0818. The Labute approximate surface area is 144 Å². The van der Waals surface area contributed by atoms with Gasteiger partial charge in [-0.1, -0.05) is 32.1 Å². The SMILES string of the molecule is C=CCc1c(C)nn(C(=O)COc2ccc(C(C)CC)cc2)c1C. The summed E-state index contributed by atoms with van der Waals surface area (Å²) in [6.07, 6.45) is 3.63. The van der Waals surface area contributed by atoms with Gasteiger partial charge in [-0.15, -0.1) is 6.58 Å². The Morgan fingerprint density at radius 2 is 2.00 bits per heavy atom. The van der Waals surface area contributed by atoms with E-state index in [0.717, 1.165) is 23.4 Å². The summed E-state index contributed by atoms with van der Waals surface area (Å²) in [6.45, 7) is 11.9. The summed E-state index contributed by atoms with van der Waals surface area (Å²) in [6, 6.07) is 7.94. The first-order valence-corrected chi connectivity index (χ1v) is 8.39. The van der Waals surface area contributed by atoms with Crippen LogP contribution in [0, 0.1) is 13.8 Å². The van der Waals surface area contributed by atoms with Crippen molar-refractivity contribution in [2.75, 3.05) is 6.61 Å². The molecule has 0 N–H and O–H groups in total. The van der Waals surface area contributed by atoms with Crippen LogP contribution < -0.4 is 4.74 Å². The monoisotopic (exact) mass is 326 g/mol. The van der Waals surface area contributed by atoms with E-state index in [9.17, 15) is 4.79 Å². The van der Waals surface area contributed by atoms with Crippen molar-refractivity contribution in [3.63, 3.8) is 0 Å². The molecule has 1 atom stereocenters. The third-order valence-corrected chi connectivity index (χ3v) is 4.45. The predicted octanol–water partition coefficient (Wildman–Crippen LogP) is 4.46. The minimum atomic E-state index is -0.170. The van der Waals surface area contributed by atoms with E-state index >= 15 is 0 Å². The topological polar surface area (TPSA) is 44.1 Å². The largest absolute Gasteiger partial charge is 0.484 e. The smallest absolute Gasteiger partial charge is 0.284 e. The maximum absolute atomic E-state index is 12.4. The van der Waals surface area contributed by atoms with E-state index in [1.807, 2.05) is 32.1 Å². The maximum Gasteiger partial charge on any atom is 0.284 e. The normalized spacial score (nSPS) is 12.0. The molecule has 0 amide bonds. The zero-order chi connectivity index (χ0) is 17.7. The summed E-state index contributed by atoms with van der Waals surface area (Å²) >= 11 is 0. The Balaban J connectivity index is 2.03. The molecule has 1 heterocycles. The van der Waals surface area contributed by atoms with Crippen molar-refractivity contribution in [2.45, 2.75) is 46.5 Å². The number of hydrogen-bond donors (Lipinski definition) is 0. The molecule has 24 heavy (non-hydrogen) atoms. The average molecular weight is 326 g/mol. The lowest BCUT2D eigenvalue weighted by Crippen LogP contribution is -2.21. The molecular weight excluding hydrogens is 300 g/mol. The summed E-state index contributed by atoms with van der Waals surface area (Å²) in [5.74, 6) is 1.05. The Hall–Kier alpha value is -2.36. The predicted molar refractivity (Wildman–Crippen MR) is 96.9 cm³/mol. The lowest BCUT2D eigenvalue weighted by Gasteiger charge is -2.11. The highest BCUT2D eigenvalue weighted by atomic mass is 16.5. The Morgan fingerprint density at radius 3 is 2.58 bits per heavy atom. The molecule has 1 unspecified atom stereocenters. The molecule has 2 rings (SSSR count). The molecular formula is C20H26N2O2. The number of benzene rings is 1. The van der Waals surface area contributed by atoms with Gasteiger partial charge in [-0.2, -0.15) is 5.10 Å². The molecule has 1 aromatic carbocycles. The molecule has 0 radical (unpaired) electrons. The fraction of sp³-hybridized carbons (Fsp3) is 0.400. The fourth-order valence-corrected chi connectivity index (χ4v) is 2.69. The van der Waals surface area contributed by atoms with Gasteiger partial charge in [0.2, 0.25) is 0 Å². The summed E-state index contributed by atoms with van der Waals surface area (Å²) in [5, 5.41) is 4.33. The quantitative estimate of drug-likeness (QED) is 0.706. The maximum atomic E-state index is 12.4. The minimum absolute atomic E-state index is 0.0296. The van der Waals surface area contributed by atoms with Crippen molar-refractivity contribution in [3.8, 4) is 5.75 Å². The van der Waals surface area contributed by atoms with Crippen LogP contribution in [0.25, 0.3) is 0 Å². The highest BCUT2D eigenvalue weighted by Crippen LogP contribution is 2.21. The first-order valence-electron chi connectivity index (χ1n) is 8.39. The van der Waals surface area contributed by atoms with E-state index in [4.69, 9.17) is 4.74 Å². The molecule has 2 aromatic rings. The van der Waals surface area contributed by atoms with Crippen molar-refractivity contribution >= 4 is 5.91 Å². The molecule has 4 nitrogen and oxygen atoms in total. The molecule has 4 heteroatoms. The van der Waals surface area contributed by atoms with Gasteiger partial charge in [-0.3, -0.25) is 4.79 Å². The van der Waals surface area contributed by atoms with Gasteiger partial charge in [-0.05, 0) is 50.3 Å². The van der Waals surface area contributed by atoms with Crippen LogP contribution in [0.4, 0.5) is 0 Å². The van der Waals surface area contributed by atoms with Gasteiger partial charge in [0.15, 0.2) is 6.61 Å². The van der Waals surface area contributed by atoms with Gasteiger partial charge >= 0.3 is 0 Å². The number of ether oxygens (including phenoxy) is 1. The molecule has 0 fully saturated rings. The highest BCUT2D eigenvalue weighted by Gasteiger charge is 2.16. The number of rotatable bonds is 7. The van der Waals surface area contributed by atoms with Crippen LogP contribution in [0.5, 0.6) is 5.75 Å². The molecule has 128 valence electrons. The van der Waals surface area contributed by atoms with Crippen LogP contribution in [0.15, 0.2) is 36.9 Å². The van der Waals surface area contributed by atoms with Gasteiger partial charge < -0.3 is 4.74 Å². The molecule has 0 aliphatic carbocycles. The number of aromatic nitrogens is 2. The fourth-order valence-electron chi connectivity index (χ4n) is 2.69. The summed E-state index contributed by atoms with van der Waals surface area (Å²) in [5.41, 5.74) is 4.05. The van der Waals surface area contributed by atoms with E-state index in [0.29, 0.717) is 18.1 Å². The minimum Gasteiger partial charge on any atom is -0.484 e. The summed E-state index contributed by atoms with van der Waals surface area (Å²) in [4.78, 5) is 12.4. The van der Waals surface area contributed by atoms with Crippen LogP contribution >= 0.6 is 0 Å². The van der Waals surface area contributed by atoms with Crippen LogP contribution in [0.2, 0.25) is 0 Å². The number of hydrogen-bond acceptors (Lipinski definition) is 3. The zero-order valence-electron chi connectivity index (χ0n) is 15.0. The van der Waals surface area contributed by atoms with Gasteiger partial charge in [0, 0.05) is 11.3 Å². The van der Waals surface area contributed by atoms with Crippen molar-refractivity contribution in [3.05, 3.63) is 59.4 Å². The summed E-state index contributed by atoms with van der Waals surface area (Å²) < 4.78 is 7.06. The number of allylic oxidation sites excluding steroid dienone is 1. The second kappa shape index (κ2) is 7.95. The van der Waals surface area contributed by atoms with Gasteiger partial charge in [0.25, 0.3) is 5.91 Å². The molecule has 0 saturated carbocycles. The van der Waals surface area contributed by atoms with Crippen molar-refractivity contribution in [1.29, 1.82) is 0 Å². The molecule has 0 bridgehead atoms. The number of carbonyl (C=O) groups is 1. The van der Waals surface area contributed by atoms with Crippen LogP contribution in [-0.2, 0) is 6.42 Å². The molecule has 0 aliphatic heterocycles.